The number of aliphatic hydroxyl groups is 2. The maximum Gasteiger partial charge on any atom is 0.163 e. The summed E-state index contributed by atoms with van der Waals surface area (Å²) in [4.78, 5) is 0. The zero-order valence-corrected chi connectivity index (χ0v) is 8.64. The van der Waals surface area contributed by atoms with E-state index < -0.39 is 11.9 Å². The van der Waals surface area contributed by atoms with Gasteiger partial charge in [0.05, 0.1) is 18.3 Å². The van der Waals surface area contributed by atoms with Crippen molar-refractivity contribution < 1.29 is 19.7 Å². The van der Waals surface area contributed by atoms with Crippen LogP contribution in [0.25, 0.3) is 0 Å². The fraction of sp³-hybridized carbons (Fsp3) is 1.00. The van der Waals surface area contributed by atoms with Gasteiger partial charge in [-0.15, -0.1) is 0 Å². The Balaban J connectivity index is 2.06. The Labute approximate surface area is 83.8 Å². The molecule has 4 heteroatoms. The number of fused-ring (bicyclic) bond motifs is 1. The van der Waals surface area contributed by atoms with E-state index in [-0.39, 0.29) is 24.7 Å². The molecule has 0 aromatic carbocycles. The van der Waals surface area contributed by atoms with Crippen LogP contribution < -0.4 is 0 Å². The minimum atomic E-state index is -0.539. The predicted molar refractivity (Wildman–Crippen MR) is 49.6 cm³/mol. The first-order chi connectivity index (χ1) is 6.53. The van der Waals surface area contributed by atoms with Crippen LogP contribution in [0, 0.1) is 5.92 Å². The first-order valence-corrected chi connectivity index (χ1v) is 5.18. The topological polar surface area (TPSA) is 58.9 Å². The van der Waals surface area contributed by atoms with Crippen molar-refractivity contribution in [2.24, 2.45) is 5.92 Å². The summed E-state index contributed by atoms with van der Waals surface area (Å²) in [6.45, 7) is 3.86. The van der Waals surface area contributed by atoms with Crippen molar-refractivity contribution in [3.05, 3.63) is 0 Å². The molecule has 0 bridgehead atoms. The molecule has 1 aliphatic carbocycles. The van der Waals surface area contributed by atoms with Gasteiger partial charge in [-0.25, -0.2) is 0 Å². The summed E-state index contributed by atoms with van der Waals surface area (Å²) in [5.74, 6) is -0.518. The van der Waals surface area contributed by atoms with Crippen LogP contribution in [0.15, 0.2) is 0 Å². The molecule has 0 radical (unpaired) electrons. The monoisotopic (exact) mass is 202 g/mol. The summed E-state index contributed by atoms with van der Waals surface area (Å²) >= 11 is 0. The van der Waals surface area contributed by atoms with E-state index in [4.69, 9.17) is 14.6 Å². The fourth-order valence-corrected chi connectivity index (χ4v) is 2.55. The Bertz CT molecular complexity index is 216. The van der Waals surface area contributed by atoms with Crippen LogP contribution in [0.2, 0.25) is 0 Å². The van der Waals surface area contributed by atoms with Crippen LogP contribution in [0.3, 0.4) is 0 Å². The SMILES string of the molecule is CC1(C)O[C@H]2[C@@H](CCO)[C@H](O)C[C@H]2O1. The minimum Gasteiger partial charge on any atom is -0.396 e. The zero-order chi connectivity index (χ0) is 10.3. The molecular weight excluding hydrogens is 184 g/mol. The normalized spacial score (nSPS) is 45.4. The smallest absolute Gasteiger partial charge is 0.163 e. The van der Waals surface area contributed by atoms with Crippen LogP contribution in [-0.2, 0) is 9.47 Å². The average Bonchev–Trinajstić information content (AvgIpc) is 2.47. The Hall–Kier alpha value is -0.160. The van der Waals surface area contributed by atoms with Crippen LogP contribution >= 0.6 is 0 Å². The number of ether oxygens (including phenoxy) is 2. The molecule has 2 N–H and O–H groups in total. The minimum absolute atomic E-state index is 0.00319. The second kappa shape index (κ2) is 3.45. The predicted octanol–water partition coefficient (Wildman–Crippen LogP) is 0.270. The van der Waals surface area contributed by atoms with Gasteiger partial charge in [0, 0.05) is 18.9 Å². The highest BCUT2D eigenvalue weighted by Gasteiger charge is 2.52. The van der Waals surface area contributed by atoms with Gasteiger partial charge in [-0.2, -0.15) is 0 Å². The summed E-state index contributed by atoms with van der Waals surface area (Å²) in [6, 6.07) is 0. The Morgan fingerprint density at radius 1 is 1.36 bits per heavy atom. The van der Waals surface area contributed by atoms with Gasteiger partial charge < -0.3 is 19.7 Å². The molecule has 0 aromatic heterocycles. The zero-order valence-electron chi connectivity index (χ0n) is 8.64. The van der Waals surface area contributed by atoms with Crippen molar-refractivity contribution in [3.8, 4) is 0 Å². The van der Waals surface area contributed by atoms with Gasteiger partial charge in [-0.05, 0) is 20.3 Å². The molecule has 4 atom stereocenters. The summed E-state index contributed by atoms with van der Waals surface area (Å²) in [5, 5.41) is 18.6. The third-order valence-corrected chi connectivity index (χ3v) is 3.07. The van der Waals surface area contributed by atoms with E-state index in [0.29, 0.717) is 12.8 Å². The van der Waals surface area contributed by atoms with Crippen molar-refractivity contribution in [2.75, 3.05) is 6.61 Å². The first kappa shape index (κ1) is 10.4. The molecule has 0 amide bonds. The molecular formula is C10H18O4. The van der Waals surface area contributed by atoms with Gasteiger partial charge in [0.2, 0.25) is 0 Å². The van der Waals surface area contributed by atoms with Crippen molar-refractivity contribution >= 4 is 0 Å². The maximum atomic E-state index is 9.72. The molecule has 14 heavy (non-hydrogen) atoms. The van der Waals surface area contributed by atoms with Crippen molar-refractivity contribution in [3.63, 3.8) is 0 Å². The lowest BCUT2D eigenvalue weighted by Crippen LogP contribution is -2.30. The third-order valence-electron chi connectivity index (χ3n) is 3.07. The molecule has 0 aromatic rings. The van der Waals surface area contributed by atoms with Gasteiger partial charge >= 0.3 is 0 Å². The van der Waals surface area contributed by atoms with Crippen LogP contribution in [0.1, 0.15) is 26.7 Å². The summed E-state index contributed by atoms with van der Waals surface area (Å²) < 4.78 is 11.4. The van der Waals surface area contributed by atoms with Crippen LogP contribution in [-0.4, -0.2) is 40.9 Å². The van der Waals surface area contributed by atoms with E-state index >= 15 is 0 Å². The van der Waals surface area contributed by atoms with E-state index in [1.54, 1.807) is 0 Å². The second-order valence-corrected chi connectivity index (χ2v) is 4.62. The van der Waals surface area contributed by atoms with E-state index in [0.717, 1.165) is 0 Å². The molecule has 2 aliphatic rings. The summed E-state index contributed by atoms with van der Waals surface area (Å²) in [6.07, 6.45) is 0.762. The summed E-state index contributed by atoms with van der Waals surface area (Å²) in [5.41, 5.74) is 0. The van der Waals surface area contributed by atoms with Crippen LogP contribution in [0.4, 0.5) is 0 Å². The number of aliphatic hydroxyl groups excluding tert-OH is 2. The molecule has 1 aliphatic heterocycles. The molecule has 1 saturated carbocycles. The summed E-state index contributed by atoms with van der Waals surface area (Å²) in [7, 11) is 0. The van der Waals surface area contributed by atoms with E-state index in [1.807, 2.05) is 13.8 Å². The van der Waals surface area contributed by atoms with Crippen molar-refractivity contribution in [2.45, 2.75) is 50.8 Å². The molecule has 2 fully saturated rings. The number of hydrogen-bond acceptors (Lipinski definition) is 4. The Morgan fingerprint density at radius 2 is 2.07 bits per heavy atom. The second-order valence-electron chi connectivity index (χ2n) is 4.62. The average molecular weight is 202 g/mol. The van der Waals surface area contributed by atoms with Gasteiger partial charge in [-0.3, -0.25) is 0 Å². The first-order valence-electron chi connectivity index (χ1n) is 5.18. The standard InChI is InChI=1S/C10H18O4/c1-10(2)13-8-5-7(12)6(3-4-11)9(8)14-10/h6-9,11-12H,3-5H2,1-2H3/t6-,7+,8+,9-/m0/s1. The highest BCUT2D eigenvalue weighted by molar-refractivity contribution is 4.97. The van der Waals surface area contributed by atoms with E-state index in [2.05, 4.69) is 0 Å². The van der Waals surface area contributed by atoms with Gasteiger partial charge in [0.1, 0.15) is 0 Å². The van der Waals surface area contributed by atoms with E-state index in [1.165, 1.54) is 0 Å². The van der Waals surface area contributed by atoms with Gasteiger partial charge in [-0.1, -0.05) is 0 Å². The molecule has 1 heterocycles. The lowest BCUT2D eigenvalue weighted by molar-refractivity contribution is -0.165. The highest BCUT2D eigenvalue weighted by Crippen LogP contribution is 2.42. The molecule has 82 valence electrons. The largest absolute Gasteiger partial charge is 0.396 e. The number of rotatable bonds is 2. The van der Waals surface area contributed by atoms with Crippen molar-refractivity contribution in [1.82, 2.24) is 0 Å². The van der Waals surface area contributed by atoms with Crippen molar-refractivity contribution in [1.29, 1.82) is 0 Å². The van der Waals surface area contributed by atoms with Gasteiger partial charge in [0.25, 0.3) is 0 Å². The Kier molecular flexibility index (Phi) is 2.55. The highest BCUT2D eigenvalue weighted by atomic mass is 16.8. The quantitative estimate of drug-likeness (QED) is 0.675. The number of hydrogen-bond donors (Lipinski definition) is 2. The molecule has 4 nitrogen and oxygen atoms in total. The molecule has 0 unspecified atom stereocenters. The lowest BCUT2D eigenvalue weighted by atomic mass is 10.00. The van der Waals surface area contributed by atoms with Crippen LogP contribution in [0.5, 0.6) is 0 Å². The lowest BCUT2D eigenvalue weighted by Gasteiger charge is -2.23. The van der Waals surface area contributed by atoms with E-state index in [9.17, 15) is 5.11 Å². The maximum absolute atomic E-state index is 9.72. The molecule has 2 rings (SSSR count). The third kappa shape index (κ3) is 1.67. The fourth-order valence-electron chi connectivity index (χ4n) is 2.55. The molecule has 1 saturated heterocycles. The molecule has 0 spiro atoms. The Morgan fingerprint density at radius 3 is 2.71 bits per heavy atom. The van der Waals surface area contributed by atoms with Gasteiger partial charge in [0.15, 0.2) is 5.79 Å².